The van der Waals surface area contributed by atoms with E-state index in [4.69, 9.17) is 26.8 Å². The molecule has 0 radical (unpaired) electrons. The van der Waals surface area contributed by atoms with Crippen LogP contribution in [0, 0.1) is 4.77 Å². The molecule has 23 heavy (non-hydrogen) atoms. The Morgan fingerprint density at radius 3 is 3.00 bits per heavy atom. The topological polar surface area (TPSA) is 44.4 Å². The minimum atomic E-state index is 0.250. The number of hydrogen-bond acceptors (Lipinski definition) is 5. The average molecular weight is 334 g/mol. The summed E-state index contributed by atoms with van der Waals surface area (Å²) in [5.74, 6) is 1.65. The molecule has 1 aliphatic heterocycles. The predicted molar refractivity (Wildman–Crippen MR) is 91.0 cm³/mol. The molecular weight excluding hydrogens is 312 g/mol. The Morgan fingerprint density at radius 2 is 2.26 bits per heavy atom. The van der Waals surface area contributed by atoms with Crippen LogP contribution in [-0.4, -0.2) is 52.2 Å². The second kappa shape index (κ2) is 6.82. The molecular formula is C16H22N4O2S. The van der Waals surface area contributed by atoms with Crippen molar-refractivity contribution < 1.29 is 9.47 Å². The van der Waals surface area contributed by atoms with Crippen LogP contribution < -0.4 is 4.74 Å². The third-order valence-corrected chi connectivity index (χ3v) is 4.51. The zero-order valence-corrected chi connectivity index (χ0v) is 14.5. The molecule has 1 saturated heterocycles. The van der Waals surface area contributed by atoms with Crippen LogP contribution in [0.4, 0.5) is 0 Å². The van der Waals surface area contributed by atoms with E-state index in [2.05, 4.69) is 11.8 Å². The number of aromatic nitrogens is 3. The molecule has 1 atom stereocenters. The van der Waals surface area contributed by atoms with Gasteiger partial charge in [0.25, 0.3) is 0 Å². The highest BCUT2D eigenvalue weighted by atomic mass is 32.1. The summed E-state index contributed by atoms with van der Waals surface area (Å²) in [5.41, 5.74) is 0.993. The lowest BCUT2D eigenvalue weighted by atomic mass is 10.2. The summed E-state index contributed by atoms with van der Waals surface area (Å²) in [6.07, 6.45) is 0.250. The van der Waals surface area contributed by atoms with Gasteiger partial charge in [-0.15, -0.1) is 0 Å². The molecule has 0 saturated carbocycles. The number of nitrogens with zero attached hydrogens (tertiary/aromatic N) is 4. The molecule has 0 aliphatic carbocycles. The Kier molecular flexibility index (Phi) is 4.79. The molecule has 124 valence electrons. The van der Waals surface area contributed by atoms with Gasteiger partial charge < -0.3 is 14.0 Å². The van der Waals surface area contributed by atoms with Gasteiger partial charge in [-0.05, 0) is 31.3 Å². The number of methoxy groups -OCH3 is 1. The summed E-state index contributed by atoms with van der Waals surface area (Å²) in [4.78, 5) is 2.31. The van der Waals surface area contributed by atoms with Gasteiger partial charge >= 0.3 is 0 Å². The Labute approximate surface area is 141 Å². The van der Waals surface area contributed by atoms with Crippen molar-refractivity contribution in [3.8, 4) is 17.1 Å². The molecule has 3 rings (SSSR count). The molecule has 2 aromatic rings. The van der Waals surface area contributed by atoms with Crippen LogP contribution in [0.1, 0.15) is 6.92 Å². The lowest BCUT2D eigenvalue weighted by Crippen LogP contribution is -2.42. The normalized spacial score (nSPS) is 19.0. The monoisotopic (exact) mass is 334 g/mol. The Bertz CT molecular complexity index is 740. The smallest absolute Gasteiger partial charge is 0.199 e. The molecule has 1 aromatic heterocycles. The Hall–Kier alpha value is -1.70. The zero-order valence-electron chi connectivity index (χ0n) is 13.7. The summed E-state index contributed by atoms with van der Waals surface area (Å²) < 4.78 is 15.4. The fourth-order valence-electron chi connectivity index (χ4n) is 2.80. The summed E-state index contributed by atoms with van der Waals surface area (Å²) in [5, 5.41) is 4.71. The van der Waals surface area contributed by atoms with Crippen LogP contribution in [0.15, 0.2) is 24.3 Å². The van der Waals surface area contributed by atoms with Gasteiger partial charge in [0, 0.05) is 25.7 Å². The Balaban J connectivity index is 1.87. The highest BCUT2D eigenvalue weighted by Gasteiger charge is 2.18. The van der Waals surface area contributed by atoms with E-state index in [0.717, 1.165) is 36.8 Å². The van der Waals surface area contributed by atoms with E-state index < -0.39 is 0 Å². The maximum Gasteiger partial charge on any atom is 0.199 e. The molecule has 6 nitrogen and oxygen atoms in total. The van der Waals surface area contributed by atoms with Crippen molar-refractivity contribution in [3.63, 3.8) is 0 Å². The van der Waals surface area contributed by atoms with Gasteiger partial charge in [-0.3, -0.25) is 4.90 Å². The highest BCUT2D eigenvalue weighted by molar-refractivity contribution is 7.71. The van der Waals surface area contributed by atoms with Gasteiger partial charge in [0.05, 0.1) is 26.5 Å². The van der Waals surface area contributed by atoms with Crippen LogP contribution in [0.25, 0.3) is 11.4 Å². The molecule has 0 amide bonds. The number of morpholine rings is 1. The first kappa shape index (κ1) is 16.2. The Morgan fingerprint density at radius 1 is 1.43 bits per heavy atom. The molecule has 7 heteroatoms. The molecule has 0 unspecified atom stereocenters. The van der Waals surface area contributed by atoms with Crippen molar-refractivity contribution in [2.24, 2.45) is 7.05 Å². The van der Waals surface area contributed by atoms with Crippen LogP contribution >= 0.6 is 12.2 Å². The van der Waals surface area contributed by atoms with Crippen molar-refractivity contribution in [1.82, 2.24) is 19.2 Å². The second-order valence-corrected chi connectivity index (χ2v) is 6.16. The average Bonchev–Trinajstić information content (AvgIpc) is 2.83. The zero-order chi connectivity index (χ0) is 16.4. The van der Waals surface area contributed by atoms with Gasteiger partial charge in [0.1, 0.15) is 5.75 Å². The predicted octanol–water partition coefficient (Wildman–Crippen LogP) is 2.30. The van der Waals surface area contributed by atoms with Gasteiger partial charge in [0.15, 0.2) is 10.6 Å². The minimum Gasteiger partial charge on any atom is -0.497 e. The second-order valence-electron chi connectivity index (χ2n) is 5.80. The van der Waals surface area contributed by atoms with Crippen molar-refractivity contribution in [3.05, 3.63) is 29.0 Å². The van der Waals surface area contributed by atoms with Gasteiger partial charge in [0.2, 0.25) is 0 Å². The molecule has 1 aliphatic rings. The highest BCUT2D eigenvalue weighted by Crippen LogP contribution is 2.22. The third-order valence-electron chi connectivity index (χ3n) is 4.03. The van der Waals surface area contributed by atoms with Crippen LogP contribution in [0.2, 0.25) is 0 Å². The summed E-state index contributed by atoms with van der Waals surface area (Å²) in [6, 6.07) is 7.86. The molecule has 0 N–H and O–H groups in total. The van der Waals surface area contributed by atoms with E-state index in [1.165, 1.54) is 0 Å². The number of ether oxygens (including phenoxy) is 2. The lowest BCUT2D eigenvalue weighted by Gasteiger charge is -2.30. The van der Waals surface area contributed by atoms with E-state index >= 15 is 0 Å². The van der Waals surface area contributed by atoms with E-state index in [-0.39, 0.29) is 6.10 Å². The van der Waals surface area contributed by atoms with Gasteiger partial charge in [-0.25, -0.2) is 4.68 Å². The standard InChI is InChI=1S/C16H22N4O2S/c1-12-10-19(7-8-22-12)11-20-16(23)18(2)15(17-20)13-5-4-6-14(9-13)21-3/h4-6,9,12H,7-8,10-11H2,1-3H3/t12-/m0/s1. The molecule has 1 fully saturated rings. The quantitative estimate of drug-likeness (QED) is 0.803. The van der Waals surface area contributed by atoms with E-state index in [1.54, 1.807) is 7.11 Å². The van der Waals surface area contributed by atoms with Crippen LogP contribution in [0.5, 0.6) is 5.75 Å². The van der Waals surface area contributed by atoms with Crippen molar-refractivity contribution in [1.29, 1.82) is 0 Å². The summed E-state index contributed by atoms with van der Waals surface area (Å²) in [6.45, 7) is 5.32. The number of rotatable bonds is 4. The molecule has 0 bridgehead atoms. The largest absolute Gasteiger partial charge is 0.497 e. The maximum atomic E-state index is 5.58. The van der Waals surface area contributed by atoms with E-state index in [1.807, 2.05) is 40.6 Å². The summed E-state index contributed by atoms with van der Waals surface area (Å²) in [7, 11) is 3.61. The fourth-order valence-corrected chi connectivity index (χ4v) is 2.99. The molecule has 2 heterocycles. The van der Waals surface area contributed by atoms with E-state index in [9.17, 15) is 0 Å². The lowest BCUT2D eigenvalue weighted by molar-refractivity contribution is -0.0307. The first-order chi connectivity index (χ1) is 11.1. The SMILES string of the molecule is COc1cccc(-c2nn(CN3CCO[C@@H](C)C3)c(=S)n2C)c1. The minimum absolute atomic E-state index is 0.250. The first-order valence-electron chi connectivity index (χ1n) is 7.70. The first-order valence-corrected chi connectivity index (χ1v) is 8.11. The molecule has 0 spiro atoms. The molecule has 1 aromatic carbocycles. The van der Waals surface area contributed by atoms with Crippen LogP contribution in [0.3, 0.4) is 0 Å². The number of hydrogen-bond donors (Lipinski definition) is 0. The fraction of sp³-hybridized carbons (Fsp3) is 0.500. The van der Waals surface area contributed by atoms with Crippen LogP contribution in [-0.2, 0) is 18.5 Å². The van der Waals surface area contributed by atoms with Gasteiger partial charge in [-0.1, -0.05) is 12.1 Å². The van der Waals surface area contributed by atoms with Crippen molar-refractivity contribution in [2.45, 2.75) is 19.7 Å². The third kappa shape index (κ3) is 3.46. The van der Waals surface area contributed by atoms with Crippen molar-refractivity contribution >= 4 is 12.2 Å². The van der Waals surface area contributed by atoms with E-state index in [0.29, 0.717) is 11.4 Å². The number of benzene rings is 1. The maximum absolute atomic E-state index is 5.58. The van der Waals surface area contributed by atoms with Gasteiger partial charge in [-0.2, -0.15) is 5.10 Å². The van der Waals surface area contributed by atoms with Crippen molar-refractivity contribution in [2.75, 3.05) is 26.8 Å². The summed E-state index contributed by atoms with van der Waals surface area (Å²) >= 11 is 5.55.